The molecule has 5 heteroatoms. The molecule has 1 aromatic rings. The number of ether oxygens (including phenoxy) is 1. The van der Waals surface area contributed by atoms with E-state index in [9.17, 15) is 4.79 Å². The summed E-state index contributed by atoms with van der Waals surface area (Å²) >= 11 is 0. The zero-order valence-corrected chi connectivity index (χ0v) is 7.65. The van der Waals surface area contributed by atoms with Crippen LogP contribution in [-0.4, -0.2) is 34.3 Å². The molecule has 0 radical (unpaired) electrons. The van der Waals surface area contributed by atoms with Crippen molar-refractivity contribution >= 4 is 5.97 Å². The monoisotopic (exact) mass is 184 g/mol. The largest absolute Gasteiger partial charge is 0.477 e. The van der Waals surface area contributed by atoms with Crippen molar-refractivity contribution in [2.75, 3.05) is 13.7 Å². The van der Waals surface area contributed by atoms with Crippen molar-refractivity contribution in [1.29, 1.82) is 0 Å². The predicted octanol–water partition coefficient (Wildman–Crippen LogP) is 0.536. The zero-order chi connectivity index (χ0) is 9.84. The van der Waals surface area contributed by atoms with E-state index >= 15 is 0 Å². The summed E-state index contributed by atoms with van der Waals surface area (Å²) in [6.45, 7) is 2.77. The van der Waals surface area contributed by atoms with Crippen molar-refractivity contribution in [1.82, 2.24) is 9.55 Å². The first-order valence-electron chi connectivity index (χ1n) is 3.91. The van der Waals surface area contributed by atoms with Crippen LogP contribution in [0.3, 0.4) is 0 Å². The van der Waals surface area contributed by atoms with Crippen molar-refractivity contribution in [2.24, 2.45) is 0 Å². The summed E-state index contributed by atoms with van der Waals surface area (Å²) in [4.78, 5) is 14.6. The maximum absolute atomic E-state index is 10.7. The van der Waals surface area contributed by atoms with Crippen LogP contribution >= 0.6 is 0 Å². The molecule has 0 spiro atoms. The summed E-state index contributed by atoms with van der Waals surface area (Å²) in [5.41, 5.74) is 0.203. The van der Waals surface area contributed by atoms with Gasteiger partial charge in [0.2, 0.25) is 0 Å². The standard InChI is InChI=1S/C8H12N2O3/c1-6-9-5-7(8(11)12)10(6)3-4-13-2/h5H,3-4H2,1-2H3,(H,11,12). The van der Waals surface area contributed by atoms with Crippen molar-refractivity contribution in [3.05, 3.63) is 17.7 Å². The lowest BCUT2D eigenvalue weighted by Crippen LogP contribution is -2.12. The molecule has 1 aromatic heterocycles. The molecule has 0 fully saturated rings. The van der Waals surface area contributed by atoms with Gasteiger partial charge in [-0.25, -0.2) is 9.78 Å². The Morgan fingerprint density at radius 1 is 1.77 bits per heavy atom. The highest BCUT2D eigenvalue weighted by molar-refractivity contribution is 5.85. The summed E-state index contributed by atoms with van der Waals surface area (Å²) in [7, 11) is 1.58. The van der Waals surface area contributed by atoms with E-state index in [0.29, 0.717) is 19.0 Å². The van der Waals surface area contributed by atoms with Gasteiger partial charge >= 0.3 is 5.97 Å². The molecule has 0 saturated carbocycles. The smallest absolute Gasteiger partial charge is 0.354 e. The first-order valence-corrected chi connectivity index (χ1v) is 3.91. The van der Waals surface area contributed by atoms with Crippen molar-refractivity contribution < 1.29 is 14.6 Å². The second-order valence-corrected chi connectivity index (χ2v) is 2.64. The zero-order valence-electron chi connectivity index (χ0n) is 7.65. The lowest BCUT2D eigenvalue weighted by molar-refractivity contribution is 0.0682. The lowest BCUT2D eigenvalue weighted by Gasteiger charge is -2.05. The van der Waals surface area contributed by atoms with Crippen LogP contribution in [0.25, 0.3) is 0 Å². The molecule has 0 amide bonds. The Kier molecular flexibility index (Phi) is 3.02. The number of aromatic nitrogens is 2. The quantitative estimate of drug-likeness (QED) is 0.741. The van der Waals surface area contributed by atoms with E-state index in [1.165, 1.54) is 6.20 Å². The second-order valence-electron chi connectivity index (χ2n) is 2.64. The first-order chi connectivity index (χ1) is 6.16. The van der Waals surface area contributed by atoms with Gasteiger partial charge in [0.05, 0.1) is 12.8 Å². The fraction of sp³-hybridized carbons (Fsp3) is 0.500. The summed E-state index contributed by atoms with van der Waals surface area (Å²) < 4.78 is 6.48. The summed E-state index contributed by atoms with van der Waals surface area (Å²) in [6, 6.07) is 0. The molecule has 1 rings (SSSR count). The molecule has 0 aliphatic rings. The topological polar surface area (TPSA) is 64.3 Å². The number of carboxylic acid groups (broad SMARTS) is 1. The van der Waals surface area contributed by atoms with Gasteiger partial charge < -0.3 is 14.4 Å². The Morgan fingerprint density at radius 3 is 3.00 bits per heavy atom. The van der Waals surface area contributed by atoms with Gasteiger partial charge in [0.1, 0.15) is 11.5 Å². The van der Waals surface area contributed by atoms with E-state index in [1.54, 1.807) is 18.6 Å². The minimum Gasteiger partial charge on any atom is -0.477 e. The van der Waals surface area contributed by atoms with E-state index in [2.05, 4.69) is 4.98 Å². The van der Waals surface area contributed by atoms with Crippen molar-refractivity contribution in [3.8, 4) is 0 Å². The SMILES string of the molecule is COCCn1c(C(=O)O)cnc1C. The van der Waals surface area contributed by atoms with Gasteiger partial charge in [-0.05, 0) is 6.92 Å². The molecule has 0 atom stereocenters. The van der Waals surface area contributed by atoms with Crippen LogP contribution in [0.15, 0.2) is 6.20 Å². The van der Waals surface area contributed by atoms with Crippen molar-refractivity contribution in [2.45, 2.75) is 13.5 Å². The predicted molar refractivity (Wildman–Crippen MR) is 45.8 cm³/mol. The maximum atomic E-state index is 10.7. The van der Waals surface area contributed by atoms with E-state index in [-0.39, 0.29) is 5.69 Å². The molecule has 0 saturated heterocycles. The Hall–Kier alpha value is -1.36. The Balaban J connectivity index is 2.88. The van der Waals surface area contributed by atoms with Gasteiger partial charge in [0.15, 0.2) is 0 Å². The summed E-state index contributed by atoms with van der Waals surface area (Å²) in [5, 5.41) is 8.78. The minimum atomic E-state index is -0.961. The average Bonchev–Trinajstić information content (AvgIpc) is 2.43. The van der Waals surface area contributed by atoms with Gasteiger partial charge in [0.25, 0.3) is 0 Å². The number of carboxylic acids is 1. The van der Waals surface area contributed by atoms with Crippen LogP contribution in [-0.2, 0) is 11.3 Å². The molecule has 0 aromatic carbocycles. The lowest BCUT2D eigenvalue weighted by atomic mass is 10.4. The second kappa shape index (κ2) is 4.04. The third-order valence-corrected chi connectivity index (χ3v) is 1.79. The van der Waals surface area contributed by atoms with Crippen molar-refractivity contribution in [3.63, 3.8) is 0 Å². The van der Waals surface area contributed by atoms with Gasteiger partial charge in [-0.15, -0.1) is 0 Å². The number of nitrogens with zero attached hydrogens (tertiary/aromatic N) is 2. The van der Waals surface area contributed by atoms with Crippen LogP contribution in [0.4, 0.5) is 0 Å². The number of hydrogen-bond donors (Lipinski definition) is 1. The molecule has 0 aliphatic heterocycles. The molecular formula is C8H12N2O3. The number of aromatic carboxylic acids is 1. The number of aryl methyl sites for hydroxylation is 1. The Bertz CT molecular complexity index is 306. The summed E-state index contributed by atoms with van der Waals surface area (Å²) in [6.07, 6.45) is 1.35. The number of imidazole rings is 1. The van der Waals surface area contributed by atoms with Crippen LogP contribution in [0.5, 0.6) is 0 Å². The number of carbonyl (C=O) groups is 1. The highest BCUT2D eigenvalue weighted by atomic mass is 16.5. The molecule has 1 N–H and O–H groups in total. The van der Waals surface area contributed by atoms with Crippen LogP contribution in [0, 0.1) is 6.92 Å². The normalized spacial score (nSPS) is 10.3. The fourth-order valence-electron chi connectivity index (χ4n) is 1.10. The highest BCUT2D eigenvalue weighted by Crippen LogP contribution is 2.04. The minimum absolute atomic E-state index is 0.203. The number of methoxy groups -OCH3 is 1. The van der Waals surface area contributed by atoms with Crippen LogP contribution in [0.2, 0.25) is 0 Å². The van der Waals surface area contributed by atoms with E-state index in [1.807, 2.05) is 0 Å². The molecule has 1 heterocycles. The molecular weight excluding hydrogens is 172 g/mol. The highest BCUT2D eigenvalue weighted by Gasteiger charge is 2.12. The Labute approximate surface area is 76.0 Å². The summed E-state index contributed by atoms with van der Waals surface area (Å²) in [5.74, 6) is -0.272. The number of hydrogen-bond acceptors (Lipinski definition) is 3. The van der Waals surface area contributed by atoms with Gasteiger partial charge in [-0.1, -0.05) is 0 Å². The molecule has 0 bridgehead atoms. The average molecular weight is 184 g/mol. The molecule has 0 aliphatic carbocycles. The third-order valence-electron chi connectivity index (χ3n) is 1.79. The fourth-order valence-corrected chi connectivity index (χ4v) is 1.10. The first kappa shape index (κ1) is 9.73. The third kappa shape index (κ3) is 2.06. The van der Waals surface area contributed by atoms with Gasteiger partial charge in [-0.2, -0.15) is 0 Å². The van der Waals surface area contributed by atoms with Gasteiger partial charge in [0, 0.05) is 13.7 Å². The maximum Gasteiger partial charge on any atom is 0.354 e. The molecule has 5 nitrogen and oxygen atoms in total. The number of rotatable bonds is 4. The van der Waals surface area contributed by atoms with Crippen LogP contribution < -0.4 is 0 Å². The van der Waals surface area contributed by atoms with E-state index in [4.69, 9.17) is 9.84 Å². The van der Waals surface area contributed by atoms with Crippen LogP contribution in [0.1, 0.15) is 16.3 Å². The Morgan fingerprint density at radius 2 is 2.46 bits per heavy atom. The molecule has 0 unspecified atom stereocenters. The van der Waals surface area contributed by atoms with E-state index in [0.717, 1.165) is 0 Å². The molecule has 13 heavy (non-hydrogen) atoms. The van der Waals surface area contributed by atoms with E-state index < -0.39 is 5.97 Å². The van der Waals surface area contributed by atoms with Gasteiger partial charge in [-0.3, -0.25) is 0 Å². The molecule has 72 valence electrons.